The Morgan fingerprint density at radius 2 is 2.14 bits per heavy atom. The smallest absolute Gasteiger partial charge is 1.00 e. The molecule has 1 rings (SSSR count). The molecule has 1 N–H and O–H groups in total. The summed E-state index contributed by atoms with van der Waals surface area (Å²) in [5.41, 5.74) is -0.423. The average Bonchev–Trinajstić information content (AvgIpc) is 2.04. The Morgan fingerprint density at radius 1 is 1.57 bits per heavy atom. The van der Waals surface area contributed by atoms with Crippen molar-refractivity contribution in [1.29, 1.82) is 0 Å². The Morgan fingerprint density at radius 3 is 2.57 bits per heavy atom. The third kappa shape index (κ3) is 2.98. The third-order valence-electron chi connectivity index (χ3n) is 1.42. The van der Waals surface area contributed by atoms with Gasteiger partial charge in [0.2, 0.25) is 0 Å². The number of carbonyl (C=O) groups is 1. The maximum Gasteiger partial charge on any atom is 1.00 e. The summed E-state index contributed by atoms with van der Waals surface area (Å²) in [6.45, 7) is 0. The minimum atomic E-state index is -1.20. The first-order valence-electron chi connectivity index (χ1n) is 3.23. The number of aromatic carboxylic acids is 1. The van der Waals surface area contributed by atoms with Crippen molar-refractivity contribution >= 4 is 24.3 Å². The molecule has 0 aliphatic carbocycles. The van der Waals surface area contributed by atoms with Crippen molar-refractivity contribution in [3.05, 3.63) is 33.9 Å². The number of hydrogen-bond acceptors (Lipinski definition) is 4. The van der Waals surface area contributed by atoms with Crippen LogP contribution >= 0.6 is 12.6 Å². The topological polar surface area (TPSA) is 80.4 Å². The van der Waals surface area contributed by atoms with Gasteiger partial charge in [0.05, 0.1) is 15.4 Å². The number of thiol groups is 1. The van der Waals surface area contributed by atoms with E-state index in [1.54, 1.807) is 0 Å². The number of carboxylic acids is 1. The first-order valence-corrected chi connectivity index (χ1v) is 3.68. The van der Waals surface area contributed by atoms with E-state index in [0.29, 0.717) is 0 Å². The first kappa shape index (κ1) is 13.4. The number of nitro benzene ring substituents is 1. The number of carboxylic acid groups (broad SMARTS) is 1. The molecule has 1 aromatic carbocycles. The average molecular weight is 223 g/mol. The van der Waals surface area contributed by atoms with Gasteiger partial charge in [-0.1, -0.05) is 0 Å². The van der Waals surface area contributed by atoms with Crippen LogP contribution in [0.1, 0.15) is 11.8 Å². The molecule has 0 atom stereocenters. The fourth-order valence-electron chi connectivity index (χ4n) is 0.803. The largest absolute Gasteiger partial charge is 1.00 e. The van der Waals surface area contributed by atoms with Crippen LogP contribution in [-0.4, -0.2) is 16.0 Å². The molecule has 0 saturated carbocycles. The molecular formula is C7H6NNaO4S. The quantitative estimate of drug-likeness (QED) is 0.282. The summed E-state index contributed by atoms with van der Waals surface area (Å²) in [5, 5.41) is 18.9. The maximum absolute atomic E-state index is 10.4. The number of rotatable bonds is 2. The molecule has 1 aromatic rings. The zero-order valence-electron chi connectivity index (χ0n) is 8.30. The summed E-state index contributed by atoms with van der Waals surface area (Å²) in [7, 11) is 0. The van der Waals surface area contributed by atoms with Gasteiger partial charge in [-0.25, -0.2) is 4.79 Å². The molecule has 0 aromatic heterocycles. The Balaban J connectivity index is 0. The summed E-state index contributed by atoms with van der Waals surface area (Å²) in [6, 6.07) is 3.52. The molecule has 0 radical (unpaired) electrons. The zero-order chi connectivity index (χ0) is 10.0. The van der Waals surface area contributed by atoms with Crippen LogP contribution < -0.4 is 29.6 Å². The van der Waals surface area contributed by atoms with Crippen LogP contribution in [0.2, 0.25) is 0 Å². The van der Waals surface area contributed by atoms with E-state index < -0.39 is 10.9 Å². The normalized spacial score (nSPS) is 8.93. The molecule has 0 heterocycles. The maximum atomic E-state index is 10.4. The van der Waals surface area contributed by atoms with E-state index in [9.17, 15) is 14.9 Å². The molecule has 0 fully saturated rings. The predicted octanol–water partition coefficient (Wildman–Crippen LogP) is -1.30. The van der Waals surface area contributed by atoms with Crippen LogP contribution in [0, 0.1) is 10.1 Å². The minimum absolute atomic E-state index is 0. The van der Waals surface area contributed by atoms with Crippen molar-refractivity contribution in [3.63, 3.8) is 0 Å². The molecule has 14 heavy (non-hydrogen) atoms. The molecule has 0 unspecified atom stereocenters. The van der Waals surface area contributed by atoms with Crippen LogP contribution in [0.3, 0.4) is 0 Å². The van der Waals surface area contributed by atoms with E-state index in [1.165, 1.54) is 12.1 Å². The van der Waals surface area contributed by atoms with Crippen LogP contribution in [0.15, 0.2) is 23.1 Å². The Kier molecular flexibility index (Phi) is 5.14. The fourth-order valence-corrected chi connectivity index (χ4v) is 1.02. The third-order valence-corrected chi connectivity index (χ3v) is 1.80. The summed E-state index contributed by atoms with van der Waals surface area (Å²) >= 11 is 3.82. The molecule has 0 saturated heterocycles. The molecule has 0 amide bonds. The monoisotopic (exact) mass is 223 g/mol. The van der Waals surface area contributed by atoms with Gasteiger partial charge in [-0.2, -0.15) is 0 Å². The van der Waals surface area contributed by atoms with Gasteiger partial charge in [0.15, 0.2) is 0 Å². The number of benzene rings is 1. The molecule has 5 nitrogen and oxygen atoms in total. The van der Waals surface area contributed by atoms with E-state index >= 15 is 0 Å². The van der Waals surface area contributed by atoms with Gasteiger partial charge < -0.3 is 6.53 Å². The van der Waals surface area contributed by atoms with Crippen molar-refractivity contribution in [1.82, 2.24) is 0 Å². The van der Waals surface area contributed by atoms with Gasteiger partial charge in [0.25, 0.3) is 5.69 Å². The number of nitro groups is 1. The molecule has 0 bridgehead atoms. The SMILES string of the molecule is O=C(O)c1ccc(S)c([N+](=O)[O-])c1.[H-].[Na+]. The van der Waals surface area contributed by atoms with Crippen molar-refractivity contribution < 1.29 is 45.8 Å². The zero-order valence-corrected chi connectivity index (χ0v) is 10.2. The van der Waals surface area contributed by atoms with Gasteiger partial charge in [-0.15, -0.1) is 12.6 Å². The fraction of sp³-hybridized carbons (Fsp3) is 0. The van der Waals surface area contributed by atoms with Gasteiger partial charge in [0, 0.05) is 6.07 Å². The van der Waals surface area contributed by atoms with Crippen LogP contribution in [0.25, 0.3) is 0 Å². The van der Waals surface area contributed by atoms with Crippen molar-refractivity contribution in [2.24, 2.45) is 0 Å². The predicted molar refractivity (Wildman–Crippen MR) is 48.4 cm³/mol. The van der Waals surface area contributed by atoms with E-state index in [0.717, 1.165) is 6.07 Å². The van der Waals surface area contributed by atoms with E-state index in [2.05, 4.69) is 12.6 Å². The van der Waals surface area contributed by atoms with E-state index in [1.807, 2.05) is 0 Å². The Labute approximate surface area is 108 Å². The first-order chi connectivity index (χ1) is 6.02. The summed E-state index contributed by atoms with van der Waals surface area (Å²) in [4.78, 5) is 20.3. The van der Waals surface area contributed by atoms with Gasteiger partial charge >= 0.3 is 35.5 Å². The van der Waals surface area contributed by atoms with Crippen molar-refractivity contribution in [2.45, 2.75) is 4.90 Å². The molecule has 0 aliphatic rings. The van der Waals surface area contributed by atoms with Gasteiger partial charge in [-0.3, -0.25) is 10.1 Å². The molecule has 70 valence electrons. The summed E-state index contributed by atoms with van der Waals surface area (Å²) in [6.07, 6.45) is 0. The van der Waals surface area contributed by atoms with Crippen LogP contribution in [0.5, 0.6) is 0 Å². The second-order valence-electron chi connectivity index (χ2n) is 2.27. The van der Waals surface area contributed by atoms with Crippen LogP contribution in [-0.2, 0) is 0 Å². The van der Waals surface area contributed by atoms with E-state index in [-0.39, 0.29) is 47.1 Å². The van der Waals surface area contributed by atoms with Gasteiger partial charge in [0.1, 0.15) is 0 Å². The molecule has 0 aliphatic heterocycles. The summed E-state index contributed by atoms with van der Waals surface area (Å²) in [5.74, 6) is -1.20. The number of nitrogens with zero attached hydrogens (tertiary/aromatic N) is 1. The van der Waals surface area contributed by atoms with Crippen molar-refractivity contribution in [2.75, 3.05) is 0 Å². The molecule has 7 heteroatoms. The minimum Gasteiger partial charge on any atom is -1.00 e. The molecular weight excluding hydrogens is 217 g/mol. The van der Waals surface area contributed by atoms with Crippen molar-refractivity contribution in [3.8, 4) is 0 Å². The van der Waals surface area contributed by atoms with Crippen LogP contribution in [0.4, 0.5) is 5.69 Å². The van der Waals surface area contributed by atoms with E-state index in [4.69, 9.17) is 5.11 Å². The second kappa shape index (κ2) is 5.35. The van der Waals surface area contributed by atoms with Gasteiger partial charge in [-0.05, 0) is 12.1 Å². The second-order valence-corrected chi connectivity index (χ2v) is 2.75. The standard InChI is InChI=1S/C7H5NO4S.Na.H/c9-7(10)4-1-2-6(13)5(3-4)8(11)12;;/h1-3,13H,(H,9,10);;/q;+1;-1. The number of hydrogen-bond donors (Lipinski definition) is 2. The molecule has 0 spiro atoms. The Hall–Kier alpha value is -0.560. The Bertz CT molecular complexity index is 387. The summed E-state index contributed by atoms with van der Waals surface area (Å²) < 4.78 is 0.